The minimum atomic E-state index is -1.48. The molecule has 0 nitrogen and oxygen atoms in total. The van der Waals surface area contributed by atoms with Gasteiger partial charge in [-0.2, -0.15) is 0 Å². The average Bonchev–Trinajstić information content (AvgIpc) is 2.06. The Hall–Kier alpha value is 1.22. The summed E-state index contributed by atoms with van der Waals surface area (Å²) >= 11 is 34.5. The Morgan fingerprint density at radius 1 is 0.833 bits per heavy atom. The molecule has 0 fully saturated rings. The first-order valence-electron chi connectivity index (χ1n) is 2.74. The summed E-state index contributed by atoms with van der Waals surface area (Å²) < 4.78 is -2.97. The van der Waals surface area contributed by atoms with Gasteiger partial charge in [0.15, 0.2) is 8.67 Å². The number of alkyl halides is 4. The maximum absolute atomic E-state index is 5.77. The number of hydrogen-bond donors (Lipinski definition) is 0. The lowest BCUT2D eigenvalue weighted by Gasteiger charge is -2.19. The molecule has 1 aliphatic carbocycles. The Labute approximate surface area is 100.0 Å². The Balaban J connectivity index is 3.31. The van der Waals surface area contributed by atoms with Crippen LogP contribution in [0.5, 0.6) is 0 Å². The van der Waals surface area contributed by atoms with Crippen LogP contribution in [0.2, 0.25) is 0 Å². The maximum atomic E-state index is 5.77. The molecule has 0 aliphatic heterocycles. The van der Waals surface area contributed by atoms with E-state index in [1.165, 1.54) is 0 Å². The van der Waals surface area contributed by atoms with Crippen molar-refractivity contribution in [2.45, 2.75) is 8.67 Å². The van der Waals surface area contributed by atoms with E-state index < -0.39 is 8.67 Å². The molecule has 68 valence electrons. The summed E-state index contributed by atoms with van der Waals surface area (Å²) in [5.41, 5.74) is 0.150. The van der Waals surface area contributed by atoms with Crippen molar-refractivity contribution >= 4 is 69.6 Å². The van der Waals surface area contributed by atoms with E-state index >= 15 is 0 Å². The van der Waals surface area contributed by atoms with Gasteiger partial charge in [-0.25, -0.2) is 0 Å². The predicted molar refractivity (Wildman–Crippen MR) is 56.7 cm³/mol. The third-order valence-electron chi connectivity index (χ3n) is 1.50. The highest BCUT2D eigenvalue weighted by Gasteiger charge is 2.54. The van der Waals surface area contributed by atoms with Gasteiger partial charge in [0.1, 0.15) is 0 Å². The number of hydrogen-bond acceptors (Lipinski definition) is 0. The van der Waals surface area contributed by atoms with Crippen LogP contribution in [-0.4, -0.2) is 8.67 Å². The summed E-state index contributed by atoms with van der Waals surface area (Å²) in [6.07, 6.45) is 0. The highest BCUT2D eigenvalue weighted by molar-refractivity contribution is 6.68. The first-order chi connectivity index (χ1) is 5.22. The van der Waals surface area contributed by atoms with Crippen molar-refractivity contribution in [1.82, 2.24) is 0 Å². The van der Waals surface area contributed by atoms with Gasteiger partial charge < -0.3 is 0 Å². The van der Waals surface area contributed by atoms with Gasteiger partial charge in [0.05, 0.1) is 10.1 Å². The SMILES string of the molecule is C=C1C(Cl)(Cl)C(Cl)=C(Cl)C1(Cl)Cl. The van der Waals surface area contributed by atoms with Crippen LogP contribution in [0.15, 0.2) is 22.2 Å². The smallest absolute Gasteiger partial charge is 0.0931 e. The summed E-state index contributed by atoms with van der Waals surface area (Å²) in [7, 11) is 0. The van der Waals surface area contributed by atoms with E-state index in [0.717, 1.165) is 0 Å². The molecule has 0 heterocycles. The van der Waals surface area contributed by atoms with E-state index in [-0.39, 0.29) is 15.6 Å². The van der Waals surface area contributed by atoms with Crippen molar-refractivity contribution in [2.24, 2.45) is 0 Å². The van der Waals surface area contributed by atoms with Crippen molar-refractivity contribution in [3.8, 4) is 0 Å². The van der Waals surface area contributed by atoms with E-state index in [9.17, 15) is 0 Å². The second-order valence-electron chi connectivity index (χ2n) is 2.26. The zero-order valence-corrected chi connectivity index (χ0v) is 10.0. The van der Waals surface area contributed by atoms with Gasteiger partial charge in [0.25, 0.3) is 0 Å². The van der Waals surface area contributed by atoms with Crippen LogP contribution in [0, 0.1) is 0 Å². The summed E-state index contributed by atoms with van der Waals surface area (Å²) in [6, 6.07) is 0. The molecular weight excluding hydrogens is 285 g/mol. The molecule has 1 aliphatic rings. The molecule has 0 radical (unpaired) electrons. The van der Waals surface area contributed by atoms with E-state index in [0.29, 0.717) is 0 Å². The average molecular weight is 287 g/mol. The van der Waals surface area contributed by atoms with Crippen molar-refractivity contribution < 1.29 is 0 Å². The van der Waals surface area contributed by atoms with E-state index in [1.54, 1.807) is 0 Å². The number of rotatable bonds is 0. The summed E-state index contributed by atoms with van der Waals surface area (Å²) in [5.74, 6) is 0. The van der Waals surface area contributed by atoms with Crippen molar-refractivity contribution in [3.05, 3.63) is 22.2 Å². The monoisotopic (exact) mass is 284 g/mol. The van der Waals surface area contributed by atoms with E-state index in [4.69, 9.17) is 69.6 Å². The van der Waals surface area contributed by atoms with Gasteiger partial charge in [-0.1, -0.05) is 76.2 Å². The van der Waals surface area contributed by atoms with Crippen LogP contribution in [0.25, 0.3) is 0 Å². The van der Waals surface area contributed by atoms with Crippen LogP contribution in [0.3, 0.4) is 0 Å². The fourth-order valence-electron chi connectivity index (χ4n) is 0.738. The van der Waals surface area contributed by atoms with Crippen LogP contribution in [-0.2, 0) is 0 Å². The third-order valence-corrected chi connectivity index (χ3v) is 4.60. The Morgan fingerprint density at radius 3 is 1.17 bits per heavy atom. The van der Waals surface area contributed by atoms with Gasteiger partial charge >= 0.3 is 0 Å². The fraction of sp³-hybridized carbons (Fsp3) is 0.333. The topological polar surface area (TPSA) is 0 Å². The molecule has 0 amide bonds. The third kappa shape index (κ3) is 1.37. The summed E-state index contributed by atoms with van der Waals surface area (Å²) in [4.78, 5) is 0. The zero-order chi connectivity index (χ0) is 9.73. The van der Waals surface area contributed by atoms with Crippen LogP contribution in [0.1, 0.15) is 0 Å². The van der Waals surface area contributed by atoms with Gasteiger partial charge in [0.2, 0.25) is 0 Å². The molecule has 0 unspecified atom stereocenters. The Kier molecular flexibility index (Phi) is 2.93. The molecule has 0 bridgehead atoms. The highest BCUT2D eigenvalue weighted by Crippen LogP contribution is 2.59. The quantitative estimate of drug-likeness (QED) is 0.451. The minimum absolute atomic E-state index is 0.00231. The maximum Gasteiger partial charge on any atom is 0.178 e. The van der Waals surface area contributed by atoms with Gasteiger partial charge in [0, 0.05) is 5.57 Å². The second-order valence-corrected chi connectivity index (χ2v) is 5.67. The van der Waals surface area contributed by atoms with E-state index in [1.807, 2.05) is 0 Å². The van der Waals surface area contributed by atoms with Gasteiger partial charge in [-0.05, 0) is 0 Å². The van der Waals surface area contributed by atoms with E-state index in [2.05, 4.69) is 6.58 Å². The second kappa shape index (κ2) is 3.12. The Bertz CT molecular complexity index is 248. The molecule has 0 aromatic carbocycles. The number of allylic oxidation sites excluding steroid dienone is 3. The van der Waals surface area contributed by atoms with Crippen LogP contribution < -0.4 is 0 Å². The molecule has 0 aromatic rings. The molecule has 0 saturated carbocycles. The number of halogens is 6. The van der Waals surface area contributed by atoms with Crippen LogP contribution in [0.4, 0.5) is 0 Å². The Morgan fingerprint density at radius 2 is 1.08 bits per heavy atom. The molecule has 6 heteroatoms. The summed E-state index contributed by atoms with van der Waals surface area (Å²) in [5, 5.41) is 0.00463. The highest BCUT2D eigenvalue weighted by atomic mass is 35.5. The first-order valence-corrected chi connectivity index (χ1v) is 5.01. The van der Waals surface area contributed by atoms with Crippen molar-refractivity contribution in [2.75, 3.05) is 0 Å². The molecule has 0 aromatic heterocycles. The lowest BCUT2D eigenvalue weighted by molar-refractivity contribution is 1.08. The summed E-state index contributed by atoms with van der Waals surface area (Å²) in [6.45, 7) is 3.52. The lowest BCUT2D eigenvalue weighted by atomic mass is 10.2. The predicted octanol–water partition coefficient (Wildman–Crippen LogP) is 4.59. The normalized spacial score (nSPS) is 26.7. The molecule has 1 rings (SSSR count). The van der Waals surface area contributed by atoms with Crippen LogP contribution >= 0.6 is 69.6 Å². The molecule has 0 atom stereocenters. The van der Waals surface area contributed by atoms with Gasteiger partial charge in [-0.3, -0.25) is 0 Å². The molecule has 12 heavy (non-hydrogen) atoms. The molecular formula is C6H2Cl6. The largest absolute Gasteiger partial charge is 0.178 e. The van der Waals surface area contributed by atoms with Crippen molar-refractivity contribution in [1.29, 1.82) is 0 Å². The van der Waals surface area contributed by atoms with Crippen molar-refractivity contribution in [3.63, 3.8) is 0 Å². The first kappa shape index (κ1) is 11.3. The zero-order valence-electron chi connectivity index (χ0n) is 5.47. The fourth-order valence-corrected chi connectivity index (χ4v) is 2.58. The molecule has 0 spiro atoms. The molecule has 0 N–H and O–H groups in total. The lowest BCUT2D eigenvalue weighted by Crippen LogP contribution is -2.20. The standard InChI is InChI=1S/C6H2Cl6/c1-2-5(9,10)3(7)4(8)6(2,11)12/h1H2. The van der Waals surface area contributed by atoms with Gasteiger partial charge in [-0.15, -0.1) is 0 Å². The minimum Gasteiger partial charge on any atom is -0.0931 e. The molecule has 0 saturated heterocycles.